The number of carbonyl (C=O) groups is 1. The van der Waals surface area contributed by atoms with Gasteiger partial charge < -0.3 is 14.6 Å². The molecule has 1 aromatic carbocycles. The third kappa shape index (κ3) is 2.34. The summed E-state index contributed by atoms with van der Waals surface area (Å²) in [4.78, 5) is 10.4. The van der Waals surface area contributed by atoms with E-state index in [0.717, 1.165) is 11.1 Å². The molecular weight excluding hydrogens is 196 g/mol. The molecule has 1 N–H and O–H groups in total. The zero-order valence-corrected chi connectivity index (χ0v) is 8.34. The van der Waals surface area contributed by atoms with Crippen LogP contribution in [0.3, 0.4) is 0 Å². The lowest BCUT2D eigenvalue weighted by atomic mass is 10.1. The van der Waals surface area contributed by atoms with Crippen molar-refractivity contribution in [2.45, 2.75) is 25.9 Å². The first kappa shape index (κ1) is 10.1. The number of hydrogen-bond acceptors (Lipinski definition) is 3. The van der Waals surface area contributed by atoms with Crippen molar-refractivity contribution in [1.82, 2.24) is 0 Å². The molecule has 0 saturated carbocycles. The maximum absolute atomic E-state index is 10.4. The lowest BCUT2D eigenvalue weighted by Gasteiger charge is -2.33. The fourth-order valence-electron chi connectivity index (χ4n) is 1.48. The maximum Gasteiger partial charge on any atom is 0.307 e. The van der Waals surface area contributed by atoms with Crippen LogP contribution in [0.2, 0.25) is 0 Å². The van der Waals surface area contributed by atoms with Gasteiger partial charge >= 0.3 is 5.97 Å². The van der Waals surface area contributed by atoms with Gasteiger partial charge in [-0.05, 0) is 12.5 Å². The maximum atomic E-state index is 10.4. The van der Waals surface area contributed by atoms with Crippen molar-refractivity contribution < 1.29 is 19.4 Å². The molecule has 0 radical (unpaired) electrons. The summed E-state index contributed by atoms with van der Waals surface area (Å²) in [5.41, 5.74) is 1.70. The second-order valence-electron chi connectivity index (χ2n) is 3.48. The van der Waals surface area contributed by atoms with Gasteiger partial charge in [0.15, 0.2) is 12.6 Å². The van der Waals surface area contributed by atoms with Crippen molar-refractivity contribution in [3.8, 4) is 0 Å². The van der Waals surface area contributed by atoms with E-state index in [0.29, 0.717) is 0 Å². The van der Waals surface area contributed by atoms with Gasteiger partial charge in [0.1, 0.15) is 0 Å². The van der Waals surface area contributed by atoms with Gasteiger partial charge in [-0.15, -0.1) is 0 Å². The van der Waals surface area contributed by atoms with Gasteiger partial charge in [-0.25, -0.2) is 0 Å². The highest BCUT2D eigenvalue weighted by molar-refractivity contribution is 5.70. The molecular formula is C11H12O4. The van der Waals surface area contributed by atoms with E-state index in [1.165, 1.54) is 0 Å². The fourth-order valence-corrected chi connectivity index (χ4v) is 1.48. The van der Waals surface area contributed by atoms with Crippen molar-refractivity contribution >= 4 is 5.97 Å². The number of benzene rings is 1. The van der Waals surface area contributed by atoms with Gasteiger partial charge in [-0.1, -0.05) is 24.3 Å². The van der Waals surface area contributed by atoms with Crippen LogP contribution in [0.25, 0.3) is 0 Å². The molecule has 2 rings (SSSR count). The van der Waals surface area contributed by atoms with Crippen LogP contribution in [0.15, 0.2) is 24.3 Å². The SMILES string of the molecule is CC1OC(c2ccc(CC(=O)O)cc2)O1. The number of hydrogen-bond donors (Lipinski definition) is 1. The predicted octanol–water partition coefficient (Wildman–Crippen LogP) is 1.71. The molecule has 15 heavy (non-hydrogen) atoms. The van der Waals surface area contributed by atoms with Crippen molar-refractivity contribution in [2.24, 2.45) is 0 Å². The Kier molecular flexibility index (Phi) is 2.70. The van der Waals surface area contributed by atoms with Crippen LogP contribution >= 0.6 is 0 Å². The summed E-state index contributed by atoms with van der Waals surface area (Å²) in [6, 6.07) is 7.21. The summed E-state index contributed by atoms with van der Waals surface area (Å²) in [6.07, 6.45) is -0.393. The van der Waals surface area contributed by atoms with Gasteiger partial charge in [0.2, 0.25) is 0 Å². The third-order valence-electron chi connectivity index (χ3n) is 2.24. The molecule has 0 unspecified atom stereocenters. The number of ether oxygens (including phenoxy) is 2. The minimum Gasteiger partial charge on any atom is -0.481 e. The molecule has 1 aromatic rings. The van der Waals surface area contributed by atoms with Crippen LogP contribution in [-0.2, 0) is 20.7 Å². The second-order valence-corrected chi connectivity index (χ2v) is 3.48. The smallest absolute Gasteiger partial charge is 0.307 e. The van der Waals surface area contributed by atoms with Crippen LogP contribution in [0.4, 0.5) is 0 Å². The molecule has 0 spiro atoms. The zero-order valence-electron chi connectivity index (χ0n) is 8.34. The van der Waals surface area contributed by atoms with E-state index in [1.54, 1.807) is 12.1 Å². The normalized spacial score (nSPS) is 24.6. The molecule has 4 nitrogen and oxygen atoms in total. The summed E-state index contributed by atoms with van der Waals surface area (Å²) in [7, 11) is 0. The molecule has 1 aliphatic rings. The standard InChI is InChI=1S/C11H12O4/c1-7-14-11(15-7)9-4-2-8(3-5-9)6-10(12)13/h2-5,7,11H,6H2,1H3,(H,12,13). The molecule has 0 aromatic heterocycles. The van der Waals surface area contributed by atoms with E-state index in [1.807, 2.05) is 19.1 Å². The van der Waals surface area contributed by atoms with Gasteiger partial charge in [-0.3, -0.25) is 4.79 Å². The van der Waals surface area contributed by atoms with E-state index >= 15 is 0 Å². The Morgan fingerprint density at radius 1 is 1.33 bits per heavy atom. The lowest BCUT2D eigenvalue weighted by Crippen LogP contribution is -2.31. The minimum absolute atomic E-state index is 0.0447. The molecule has 0 bridgehead atoms. The van der Waals surface area contributed by atoms with Crippen LogP contribution in [0.1, 0.15) is 24.3 Å². The number of aliphatic carboxylic acids is 1. The van der Waals surface area contributed by atoms with Crippen molar-refractivity contribution in [3.63, 3.8) is 0 Å². The molecule has 0 aliphatic carbocycles. The molecule has 4 heteroatoms. The number of carboxylic acids is 1. The Hall–Kier alpha value is -1.39. The summed E-state index contributed by atoms with van der Waals surface area (Å²) in [5.74, 6) is -0.826. The van der Waals surface area contributed by atoms with E-state index < -0.39 is 5.97 Å². The molecule has 1 heterocycles. The van der Waals surface area contributed by atoms with Crippen molar-refractivity contribution in [1.29, 1.82) is 0 Å². The van der Waals surface area contributed by atoms with Crippen LogP contribution in [0.5, 0.6) is 0 Å². The van der Waals surface area contributed by atoms with Crippen LogP contribution in [0, 0.1) is 0 Å². The first-order chi connectivity index (χ1) is 7.15. The Morgan fingerprint density at radius 2 is 1.93 bits per heavy atom. The molecule has 1 aliphatic heterocycles. The van der Waals surface area contributed by atoms with Gasteiger partial charge in [-0.2, -0.15) is 0 Å². The topological polar surface area (TPSA) is 55.8 Å². The molecule has 0 atom stereocenters. The third-order valence-corrected chi connectivity index (χ3v) is 2.24. The average molecular weight is 208 g/mol. The van der Waals surface area contributed by atoms with E-state index in [4.69, 9.17) is 14.6 Å². The first-order valence-electron chi connectivity index (χ1n) is 4.77. The van der Waals surface area contributed by atoms with Crippen LogP contribution < -0.4 is 0 Å². The zero-order chi connectivity index (χ0) is 10.8. The number of carboxylic acid groups (broad SMARTS) is 1. The largest absolute Gasteiger partial charge is 0.481 e. The highest BCUT2D eigenvalue weighted by Gasteiger charge is 2.28. The Morgan fingerprint density at radius 3 is 2.40 bits per heavy atom. The molecule has 1 fully saturated rings. The van der Waals surface area contributed by atoms with Gasteiger partial charge in [0, 0.05) is 5.56 Å². The Balaban J connectivity index is 2.01. The highest BCUT2D eigenvalue weighted by Crippen LogP contribution is 2.31. The average Bonchev–Trinajstić information content (AvgIpc) is 2.14. The second kappa shape index (κ2) is 4.00. The lowest BCUT2D eigenvalue weighted by molar-refractivity contribution is -0.382. The monoisotopic (exact) mass is 208 g/mol. The molecule has 0 amide bonds. The van der Waals surface area contributed by atoms with Crippen molar-refractivity contribution in [2.75, 3.05) is 0 Å². The molecule has 1 saturated heterocycles. The summed E-state index contributed by atoms with van der Waals surface area (Å²) in [6.45, 7) is 1.83. The first-order valence-corrected chi connectivity index (χ1v) is 4.77. The van der Waals surface area contributed by atoms with E-state index in [2.05, 4.69) is 0 Å². The minimum atomic E-state index is -0.826. The summed E-state index contributed by atoms with van der Waals surface area (Å²) in [5, 5.41) is 8.59. The summed E-state index contributed by atoms with van der Waals surface area (Å²) < 4.78 is 10.6. The quantitative estimate of drug-likeness (QED) is 0.821. The molecule has 80 valence electrons. The van der Waals surface area contributed by atoms with E-state index in [-0.39, 0.29) is 19.0 Å². The van der Waals surface area contributed by atoms with Crippen molar-refractivity contribution in [3.05, 3.63) is 35.4 Å². The Bertz CT molecular complexity index is 351. The fraction of sp³-hybridized carbons (Fsp3) is 0.364. The summed E-state index contributed by atoms with van der Waals surface area (Å²) >= 11 is 0. The Labute approximate surface area is 87.4 Å². The number of rotatable bonds is 3. The van der Waals surface area contributed by atoms with Gasteiger partial charge in [0.05, 0.1) is 6.42 Å². The van der Waals surface area contributed by atoms with Crippen LogP contribution in [-0.4, -0.2) is 17.4 Å². The van der Waals surface area contributed by atoms with Gasteiger partial charge in [0.25, 0.3) is 0 Å². The predicted molar refractivity (Wildman–Crippen MR) is 52.2 cm³/mol. The van der Waals surface area contributed by atoms with E-state index in [9.17, 15) is 4.79 Å². The highest BCUT2D eigenvalue weighted by atomic mass is 16.9.